The van der Waals surface area contributed by atoms with Crippen molar-refractivity contribution >= 4 is 23.3 Å². The second-order valence-corrected chi connectivity index (χ2v) is 8.83. The second kappa shape index (κ2) is 7.05. The van der Waals surface area contributed by atoms with E-state index in [9.17, 15) is 9.59 Å². The summed E-state index contributed by atoms with van der Waals surface area (Å²) in [6.07, 6.45) is 4.27. The van der Waals surface area contributed by atoms with E-state index < -0.39 is 5.41 Å². The van der Waals surface area contributed by atoms with Crippen LogP contribution >= 0.6 is 0 Å². The van der Waals surface area contributed by atoms with E-state index in [1.165, 1.54) is 0 Å². The van der Waals surface area contributed by atoms with Crippen LogP contribution in [0.2, 0.25) is 0 Å². The molecule has 2 aromatic rings. The van der Waals surface area contributed by atoms with Crippen LogP contribution in [0.1, 0.15) is 36.8 Å². The van der Waals surface area contributed by atoms with Crippen LogP contribution in [0.15, 0.2) is 30.3 Å². The van der Waals surface area contributed by atoms with Crippen molar-refractivity contribution in [1.82, 2.24) is 5.32 Å². The van der Waals surface area contributed by atoms with Crippen LogP contribution in [0, 0.1) is 0 Å². The third-order valence-electron chi connectivity index (χ3n) is 6.99. The standard InChI is InChI=1S/C24H25N3O5/c1-27-17-8-4-7-16(26-23(29)25-14-5-2-3-6-14)21(17)24(22(27)28)13-32-18-12-20-19(11-15(18)24)30-9-10-31-20/h4,7-8,11-12,14H,2-3,5-6,9-10,13H2,1H3,(H2,25,26,29). The number of hydrogen-bond donors (Lipinski definition) is 2. The minimum atomic E-state index is -1.05. The summed E-state index contributed by atoms with van der Waals surface area (Å²) in [6, 6.07) is 9.20. The first-order valence-electron chi connectivity index (χ1n) is 11.1. The van der Waals surface area contributed by atoms with Gasteiger partial charge in [-0.2, -0.15) is 0 Å². The zero-order valence-electron chi connectivity index (χ0n) is 17.9. The van der Waals surface area contributed by atoms with Gasteiger partial charge in [-0.25, -0.2) is 4.79 Å². The fourth-order valence-corrected chi connectivity index (χ4v) is 5.46. The highest BCUT2D eigenvalue weighted by Gasteiger charge is 2.57. The first-order chi connectivity index (χ1) is 15.6. The fourth-order valence-electron chi connectivity index (χ4n) is 5.46. The summed E-state index contributed by atoms with van der Waals surface area (Å²) in [5, 5.41) is 6.08. The van der Waals surface area contributed by atoms with Gasteiger partial charge in [-0.15, -0.1) is 0 Å². The average Bonchev–Trinajstić information content (AvgIpc) is 3.49. The Bertz CT molecular complexity index is 1130. The predicted molar refractivity (Wildman–Crippen MR) is 118 cm³/mol. The lowest BCUT2D eigenvalue weighted by Crippen LogP contribution is -2.42. The number of nitrogens with one attached hydrogen (secondary N) is 2. The van der Waals surface area contributed by atoms with Gasteiger partial charge in [0, 0.05) is 36.0 Å². The first-order valence-corrected chi connectivity index (χ1v) is 11.1. The summed E-state index contributed by atoms with van der Waals surface area (Å²) in [5.41, 5.74) is 1.82. The number of fused-ring (bicyclic) bond motifs is 5. The van der Waals surface area contributed by atoms with E-state index in [1.54, 1.807) is 18.0 Å². The molecule has 0 bridgehead atoms. The SMILES string of the molecule is CN1C(=O)C2(COc3cc4c(cc32)OCCO4)c2c(NC(=O)NC3CCCC3)cccc21. The van der Waals surface area contributed by atoms with E-state index in [1.807, 2.05) is 24.3 Å². The van der Waals surface area contributed by atoms with Crippen LogP contribution < -0.4 is 29.7 Å². The smallest absolute Gasteiger partial charge is 0.319 e. The molecule has 0 saturated heterocycles. The van der Waals surface area contributed by atoms with Gasteiger partial charge in [-0.05, 0) is 31.0 Å². The number of carbonyl (C=O) groups excluding carboxylic acids is 2. The number of carbonyl (C=O) groups is 2. The highest BCUT2D eigenvalue weighted by Crippen LogP contribution is 2.56. The van der Waals surface area contributed by atoms with Gasteiger partial charge in [0.25, 0.3) is 0 Å². The highest BCUT2D eigenvalue weighted by molar-refractivity contribution is 6.13. The van der Waals surface area contributed by atoms with Gasteiger partial charge < -0.3 is 29.7 Å². The number of nitrogens with zero attached hydrogens (tertiary/aromatic N) is 1. The molecule has 166 valence electrons. The molecule has 1 saturated carbocycles. The van der Waals surface area contributed by atoms with E-state index in [0.717, 1.165) is 42.5 Å². The zero-order valence-corrected chi connectivity index (χ0v) is 17.9. The normalized spacial score (nSPS) is 23.2. The van der Waals surface area contributed by atoms with Crippen molar-refractivity contribution in [2.75, 3.05) is 37.1 Å². The number of anilines is 2. The predicted octanol–water partition coefficient (Wildman–Crippen LogP) is 3.18. The third-order valence-corrected chi connectivity index (χ3v) is 6.99. The summed E-state index contributed by atoms with van der Waals surface area (Å²) < 4.78 is 17.5. The highest BCUT2D eigenvalue weighted by atomic mass is 16.6. The van der Waals surface area contributed by atoms with Gasteiger partial charge in [-0.1, -0.05) is 18.9 Å². The summed E-state index contributed by atoms with van der Waals surface area (Å²) in [4.78, 5) is 28.1. The van der Waals surface area contributed by atoms with E-state index in [0.29, 0.717) is 36.1 Å². The van der Waals surface area contributed by atoms with E-state index >= 15 is 0 Å². The van der Waals surface area contributed by atoms with Crippen molar-refractivity contribution in [2.24, 2.45) is 0 Å². The number of ether oxygens (including phenoxy) is 3. The monoisotopic (exact) mass is 435 g/mol. The second-order valence-electron chi connectivity index (χ2n) is 8.83. The van der Waals surface area contributed by atoms with Gasteiger partial charge in [0.2, 0.25) is 5.91 Å². The Hall–Kier alpha value is -3.42. The number of likely N-dealkylation sites (N-methyl/N-ethyl adjacent to an activating group) is 1. The lowest BCUT2D eigenvalue weighted by Gasteiger charge is -2.25. The maximum atomic E-state index is 13.7. The number of hydrogen-bond acceptors (Lipinski definition) is 5. The molecule has 1 unspecified atom stereocenters. The Morgan fingerprint density at radius 2 is 1.81 bits per heavy atom. The zero-order chi connectivity index (χ0) is 21.9. The molecule has 2 N–H and O–H groups in total. The van der Waals surface area contributed by atoms with Crippen molar-refractivity contribution in [3.05, 3.63) is 41.5 Å². The Kier molecular flexibility index (Phi) is 4.25. The molecule has 0 aromatic heterocycles. The maximum Gasteiger partial charge on any atom is 0.319 e. The molecule has 3 heterocycles. The minimum absolute atomic E-state index is 0.0895. The van der Waals surface area contributed by atoms with E-state index in [2.05, 4.69) is 10.6 Å². The molecule has 3 amide bonds. The number of rotatable bonds is 2. The number of benzene rings is 2. The summed E-state index contributed by atoms with van der Waals surface area (Å²) >= 11 is 0. The molecule has 1 fully saturated rings. The van der Waals surface area contributed by atoms with Crippen LogP contribution in [-0.2, 0) is 10.2 Å². The van der Waals surface area contributed by atoms with Crippen LogP contribution in [0.5, 0.6) is 17.2 Å². The fraction of sp³-hybridized carbons (Fsp3) is 0.417. The Labute approximate surface area is 185 Å². The van der Waals surface area contributed by atoms with Gasteiger partial charge >= 0.3 is 6.03 Å². The van der Waals surface area contributed by atoms with Crippen molar-refractivity contribution in [3.8, 4) is 17.2 Å². The van der Waals surface area contributed by atoms with Gasteiger partial charge in [0.05, 0.1) is 5.69 Å². The topological polar surface area (TPSA) is 89.1 Å². The molecule has 8 nitrogen and oxygen atoms in total. The summed E-state index contributed by atoms with van der Waals surface area (Å²) in [5.74, 6) is 1.74. The van der Waals surface area contributed by atoms with Crippen LogP contribution in [0.3, 0.4) is 0 Å². The Balaban J connectivity index is 1.43. The maximum absolute atomic E-state index is 13.7. The molecule has 32 heavy (non-hydrogen) atoms. The molecule has 4 aliphatic rings. The van der Waals surface area contributed by atoms with Gasteiger partial charge in [0.1, 0.15) is 31.0 Å². The first kappa shape index (κ1) is 19.3. The lowest BCUT2D eigenvalue weighted by atomic mass is 9.76. The lowest BCUT2D eigenvalue weighted by molar-refractivity contribution is -0.121. The average molecular weight is 435 g/mol. The van der Waals surface area contributed by atoms with Crippen molar-refractivity contribution in [1.29, 1.82) is 0 Å². The number of amides is 3. The largest absolute Gasteiger partial charge is 0.491 e. The number of urea groups is 1. The Morgan fingerprint density at radius 3 is 2.59 bits per heavy atom. The molecular weight excluding hydrogens is 410 g/mol. The molecule has 6 rings (SSSR count). The van der Waals surface area contributed by atoms with Crippen LogP contribution in [0.4, 0.5) is 16.2 Å². The summed E-state index contributed by atoms with van der Waals surface area (Å²) in [7, 11) is 1.76. The molecule has 8 heteroatoms. The molecule has 0 radical (unpaired) electrons. The van der Waals surface area contributed by atoms with Gasteiger partial charge in [0.15, 0.2) is 11.5 Å². The minimum Gasteiger partial charge on any atom is -0.491 e. The Morgan fingerprint density at radius 1 is 1.06 bits per heavy atom. The van der Waals surface area contributed by atoms with Crippen LogP contribution in [0.25, 0.3) is 0 Å². The van der Waals surface area contributed by atoms with E-state index in [-0.39, 0.29) is 24.6 Å². The molecular formula is C24H25N3O5. The summed E-state index contributed by atoms with van der Waals surface area (Å²) in [6.45, 7) is 1.09. The quantitative estimate of drug-likeness (QED) is 0.756. The molecule has 1 aliphatic carbocycles. The van der Waals surface area contributed by atoms with Crippen molar-refractivity contribution in [3.63, 3.8) is 0 Å². The molecule has 1 spiro atoms. The van der Waals surface area contributed by atoms with Crippen LogP contribution in [-0.4, -0.2) is 44.8 Å². The van der Waals surface area contributed by atoms with Crippen molar-refractivity contribution in [2.45, 2.75) is 37.1 Å². The molecule has 3 aliphatic heterocycles. The van der Waals surface area contributed by atoms with Gasteiger partial charge in [-0.3, -0.25) is 4.79 Å². The molecule has 2 aromatic carbocycles. The third kappa shape index (κ3) is 2.68. The molecule has 1 atom stereocenters. The van der Waals surface area contributed by atoms with E-state index in [4.69, 9.17) is 14.2 Å². The van der Waals surface area contributed by atoms with Crippen molar-refractivity contribution < 1.29 is 23.8 Å².